The van der Waals surface area contributed by atoms with Gasteiger partial charge in [0.15, 0.2) is 12.2 Å². The summed E-state index contributed by atoms with van der Waals surface area (Å²) < 4.78 is 5.60. The van der Waals surface area contributed by atoms with E-state index in [1.54, 1.807) is 24.3 Å². The van der Waals surface area contributed by atoms with Gasteiger partial charge in [-0.25, -0.2) is 9.13 Å². The van der Waals surface area contributed by atoms with E-state index in [1.807, 2.05) is 12.1 Å². The van der Waals surface area contributed by atoms with Crippen LogP contribution in [0.1, 0.15) is 41.1 Å². The molecule has 2 aromatic carbocycles. The van der Waals surface area contributed by atoms with Crippen LogP contribution in [0.15, 0.2) is 59.2 Å². The minimum Gasteiger partial charge on any atom is -0.377 e. The molecule has 4 nitrogen and oxygen atoms in total. The fourth-order valence-corrected chi connectivity index (χ4v) is 4.24. The van der Waals surface area contributed by atoms with E-state index in [4.69, 9.17) is 11.6 Å². The summed E-state index contributed by atoms with van der Waals surface area (Å²) in [5.74, 6) is 1.36. The van der Waals surface area contributed by atoms with Crippen molar-refractivity contribution in [2.24, 2.45) is 0 Å². The Kier molecular flexibility index (Phi) is 6.36. The Morgan fingerprint density at radius 3 is 2.59 bits per heavy atom. The zero-order valence-electron chi connectivity index (χ0n) is 16.2. The van der Waals surface area contributed by atoms with Crippen LogP contribution < -0.4 is 9.88 Å². The highest BCUT2D eigenvalue weighted by molar-refractivity contribution is 9.10. The Morgan fingerprint density at radius 1 is 1.07 bits per heavy atom. The maximum Gasteiger partial charge on any atom is 0.257 e. The fraction of sp³-hybridized carbons (Fsp3) is 0.304. The van der Waals surface area contributed by atoms with Gasteiger partial charge in [-0.05, 0) is 67.8 Å². The lowest BCUT2D eigenvalue weighted by molar-refractivity contribution is -0.690. The summed E-state index contributed by atoms with van der Waals surface area (Å²) in [5.41, 5.74) is 3.00. The number of nitrogens with zero attached hydrogens (tertiary/aromatic N) is 2. The van der Waals surface area contributed by atoms with Gasteiger partial charge in [0.2, 0.25) is 5.78 Å². The topological polar surface area (TPSA) is 37.9 Å². The highest BCUT2D eigenvalue weighted by Gasteiger charge is 2.26. The predicted octanol–water partition coefficient (Wildman–Crippen LogP) is 5.41. The number of nitrogens with one attached hydrogen (secondary N) is 1. The zero-order chi connectivity index (χ0) is 20.2. The molecule has 1 aliphatic rings. The highest BCUT2D eigenvalue weighted by atomic mass is 79.9. The van der Waals surface area contributed by atoms with Crippen LogP contribution >= 0.6 is 27.5 Å². The van der Waals surface area contributed by atoms with Crippen molar-refractivity contribution in [3.63, 3.8) is 0 Å². The lowest BCUT2D eigenvalue weighted by Crippen LogP contribution is -2.40. The Bertz CT molecular complexity index is 996. The molecule has 0 atom stereocenters. The second-order valence-corrected chi connectivity index (χ2v) is 8.77. The van der Waals surface area contributed by atoms with Crippen LogP contribution in [-0.2, 0) is 26.1 Å². The second kappa shape index (κ2) is 9.14. The molecule has 3 aromatic rings. The molecular weight excluding hydrogens is 450 g/mol. The van der Waals surface area contributed by atoms with Crippen LogP contribution in [0, 0.1) is 0 Å². The van der Waals surface area contributed by atoms with E-state index in [0.29, 0.717) is 17.1 Å². The quantitative estimate of drug-likeness (QED) is 0.384. The molecular formula is C23H24BrClN3O+. The number of hydrogen-bond donors (Lipinski definition) is 1. The van der Waals surface area contributed by atoms with Crippen LogP contribution in [0.2, 0.25) is 5.02 Å². The van der Waals surface area contributed by atoms with Crippen LogP contribution in [0.3, 0.4) is 0 Å². The van der Waals surface area contributed by atoms with E-state index in [0.717, 1.165) is 29.7 Å². The number of carbonyl (C=O) groups is 1. The van der Waals surface area contributed by atoms with Gasteiger partial charge in [0, 0.05) is 27.2 Å². The van der Waals surface area contributed by atoms with Crippen LogP contribution in [-0.4, -0.2) is 10.4 Å². The molecule has 0 fully saturated rings. The van der Waals surface area contributed by atoms with Crippen molar-refractivity contribution in [2.75, 3.05) is 5.32 Å². The third-order valence-electron chi connectivity index (χ3n) is 5.37. The lowest BCUT2D eigenvalue weighted by Gasteiger charge is -2.06. The zero-order valence-corrected chi connectivity index (χ0v) is 18.5. The molecule has 0 amide bonds. The molecule has 150 valence electrons. The van der Waals surface area contributed by atoms with Gasteiger partial charge in [-0.1, -0.05) is 27.5 Å². The van der Waals surface area contributed by atoms with Crippen molar-refractivity contribution in [3.05, 3.63) is 81.3 Å². The van der Waals surface area contributed by atoms with Crippen molar-refractivity contribution in [3.8, 4) is 0 Å². The molecule has 1 aromatic heterocycles. The van der Waals surface area contributed by atoms with Gasteiger partial charge in [0.05, 0.1) is 13.1 Å². The lowest BCUT2D eigenvalue weighted by atomic mass is 10.1. The number of benzene rings is 2. The number of halogens is 2. The summed E-state index contributed by atoms with van der Waals surface area (Å²) in [5, 5.41) is 4.16. The van der Waals surface area contributed by atoms with E-state index in [1.165, 1.54) is 30.8 Å². The van der Waals surface area contributed by atoms with E-state index in [-0.39, 0.29) is 5.78 Å². The molecule has 0 saturated carbocycles. The van der Waals surface area contributed by atoms with Crippen LogP contribution in [0.4, 0.5) is 5.69 Å². The maximum absolute atomic E-state index is 12.8. The van der Waals surface area contributed by atoms with Gasteiger partial charge < -0.3 is 5.32 Å². The number of ketones is 1. The summed E-state index contributed by atoms with van der Waals surface area (Å²) in [7, 11) is 0. The van der Waals surface area contributed by atoms with Crippen molar-refractivity contribution < 1.29 is 9.36 Å². The number of carbonyl (C=O) groups excluding carboxylic acids is 1. The smallest absolute Gasteiger partial charge is 0.257 e. The Morgan fingerprint density at radius 2 is 1.83 bits per heavy atom. The van der Waals surface area contributed by atoms with Gasteiger partial charge in [-0.3, -0.25) is 4.79 Å². The Hall–Kier alpha value is -2.11. The normalized spacial score (nSPS) is 13.6. The SMILES string of the molecule is O=C(C[n+]1cc(CNc2ccc(Br)cc2)n2c1CCCCC2)c1ccc(Cl)cc1. The fourth-order valence-electron chi connectivity index (χ4n) is 3.85. The highest BCUT2D eigenvalue weighted by Crippen LogP contribution is 2.19. The Labute approximate surface area is 184 Å². The van der Waals surface area contributed by atoms with Crippen molar-refractivity contribution in [1.82, 2.24) is 4.57 Å². The molecule has 0 radical (unpaired) electrons. The van der Waals surface area contributed by atoms with Crippen LogP contribution in [0.25, 0.3) is 0 Å². The van der Waals surface area contributed by atoms with Gasteiger partial charge in [0.25, 0.3) is 5.82 Å². The van der Waals surface area contributed by atoms with E-state index in [9.17, 15) is 4.79 Å². The largest absolute Gasteiger partial charge is 0.377 e. The number of imidazole rings is 1. The summed E-state index contributed by atoms with van der Waals surface area (Å²) in [6, 6.07) is 15.3. The van der Waals surface area contributed by atoms with E-state index < -0.39 is 0 Å². The van der Waals surface area contributed by atoms with Crippen molar-refractivity contribution in [2.45, 2.75) is 45.3 Å². The monoisotopic (exact) mass is 472 g/mol. The second-order valence-electron chi connectivity index (χ2n) is 7.42. The minimum atomic E-state index is 0.108. The molecule has 0 aliphatic carbocycles. The summed E-state index contributed by atoms with van der Waals surface area (Å²) in [6.45, 7) is 2.10. The third kappa shape index (κ3) is 4.90. The first kappa shape index (κ1) is 20.2. The molecule has 4 rings (SSSR count). The molecule has 29 heavy (non-hydrogen) atoms. The molecule has 0 saturated heterocycles. The standard InChI is InChI=1S/C23H24BrClN3O/c24-18-7-11-20(12-8-18)26-14-21-15-27(23-4-2-1-3-13-28(21)23)16-22(29)17-5-9-19(25)10-6-17/h5-12,15,26H,1-4,13-14,16H2/q+1. The van der Waals surface area contributed by atoms with Gasteiger partial charge in [-0.15, -0.1) is 0 Å². The number of fused-ring (bicyclic) bond motifs is 1. The molecule has 1 aliphatic heterocycles. The Balaban J connectivity index is 1.56. The molecule has 0 unspecified atom stereocenters. The number of hydrogen-bond acceptors (Lipinski definition) is 2. The van der Waals surface area contributed by atoms with E-state index in [2.05, 4.69) is 48.7 Å². The number of Topliss-reactive ketones (excluding diaryl/α,β-unsaturated/α-hetero) is 1. The number of aromatic nitrogens is 2. The van der Waals surface area contributed by atoms with E-state index >= 15 is 0 Å². The molecule has 6 heteroatoms. The first-order valence-electron chi connectivity index (χ1n) is 9.99. The first-order chi connectivity index (χ1) is 14.1. The van der Waals surface area contributed by atoms with Gasteiger partial charge >= 0.3 is 0 Å². The van der Waals surface area contributed by atoms with Crippen molar-refractivity contribution in [1.29, 1.82) is 0 Å². The van der Waals surface area contributed by atoms with Gasteiger partial charge in [0.1, 0.15) is 6.20 Å². The number of rotatable bonds is 6. The summed E-state index contributed by atoms with van der Waals surface area (Å²) >= 11 is 9.43. The third-order valence-corrected chi connectivity index (χ3v) is 6.16. The van der Waals surface area contributed by atoms with Crippen molar-refractivity contribution >= 4 is 39.0 Å². The summed E-state index contributed by atoms with van der Waals surface area (Å²) in [4.78, 5) is 12.8. The first-order valence-corrected chi connectivity index (χ1v) is 11.2. The molecule has 1 N–H and O–H groups in total. The average molecular weight is 474 g/mol. The average Bonchev–Trinajstić information content (AvgIpc) is 2.89. The molecule has 0 bridgehead atoms. The van der Waals surface area contributed by atoms with Crippen LogP contribution in [0.5, 0.6) is 0 Å². The summed E-state index contributed by atoms with van der Waals surface area (Å²) in [6.07, 6.45) is 6.72. The molecule has 2 heterocycles. The molecule has 0 spiro atoms. The number of anilines is 1. The maximum atomic E-state index is 12.8. The van der Waals surface area contributed by atoms with Gasteiger partial charge in [-0.2, -0.15) is 0 Å². The predicted molar refractivity (Wildman–Crippen MR) is 119 cm³/mol. The minimum absolute atomic E-state index is 0.108.